The lowest BCUT2D eigenvalue weighted by atomic mass is 10.1. The summed E-state index contributed by atoms with van der Waals surface area (Å²) in [5, 5.41) is 4.20. The highest BCUT2D eigenvalue weighted by atomic mass is 79.9. The summed E-state index contributed by atoms with van der Waals surface area (Å²) in [6, 6.07) is 12.8. The predicted octanol–water partition coefficient (Wildman–Crippen LogP) is 6.67. The second-order valence-corrected chi connectivity index (χ2v) is 7.37. The first kappa shape index (κ1) is 12.6. The highest BCUT2D eigenvalue weighted by Crippen LogP contribution is 2.40. The molecule has 0 N–H and O–H groups in total. The third kappa shape index (κ3) is 2.35. The van der Waals surface area contributed by atoms with E-state index in [1.54, 1.807) is 22.7 Å². The Balaban J connectivity index is 2.15. The van der Waals surface area contributed by atoms with E-state index in [1.165, 1.54) is 20.9 Å². The van der Waals surface area contributed by atoms with E-state index in [0.29, 0.717) is 0 Å². The molecule has 0 saturated carbocycles. The summed E-state index contributed by atoms with van der Waals surface area (Å²) in [6.45, 7) is 0. The largest absolute Gasteiger partial charge is 0.144 e. The van der Waals surface area contributed by atoms with E-state index in [2.05, 4.69) is 79.0 Å². The first-order chi connectivity index (χ1) is 8.75. The van der Waals surface area contributed by atoms with Gasteiger partial charge in [0.15, 0.2) is 0 Å². The number of benzene rings is 1. The minimum Gasteiger partial charge on any atom is -0.144 e. The summed E-state index contributed by atoms with van der Waals surface area (Å²) in [7, 11) is 0. The van der Waals surface area contributed by atoms with E-state index in [4.69, 9.17) is 0 Å². The average molecular weight is 400 g/mol. The molecule has 18 heavy (non-hydrogen) atoms. The SMILES string of the molecule is Brc1cc(-c2cccs2)c(Br)cc1-c1cccs1. The molecule has 0 radical (unpaired) electrons. The number of halogens is 2. The molecule has 0 aliphatic rings. The van der Waals surface area contributed by atoms with Crippen molar-refractivity contribution in [2.24, 2.45) is 0 Å². The van der Waals surface area contributed by atoms with Crippen LogP contribution in [-0.2, 0) is 0 Å². The van der Waals surface area contributed by atoms with Crippen molar-refractivity contribution in [1.29, 1.82) is 0 Å². The number of hydrogen-bond acceptors (Lipinski definition) is 2. The summed E-state index contributed by atoms with van der Waals surface area (Å²) >= 11 is 10.9. The van der Waals surface area contributed by atoms with Crippen molar-refractivity contribution >= 4 is 54.5 Å². The van der Waals surface area contributed by atoms with Gasteiger partial charge in [-0.25, -0.2) is 0 Å². The van der Waals surface area contributed by atoms with E-state index >= 15 is 0 Å². The Morgan fingerprint density at radius 3 is 1.50 bits per heavy atom. The molecule has 0 unspecified atom stereocenters. The molecule has 1 aromatic carbocycles. The van der Waals surface area contributed by atoms with Gasteiger partial charge in [0.1, 0.15) is 0 Å². The Bertz CT molecular complexity index is 595. The maximum Gasteiger partial charge on any atom is 0.0354 e. The van der Waals surface area contributed by atoms with Crippen LogP contribution in [0.2, 0.25) is 0 Å². The molecule has 3 aromatic rings. The van der Waals surface area contributed by atoms with Crippen molar-refractivity contribution < 1.29 is 0 Å². The molecular weight excluding hydrogens is 392 g/mol. The molecule has 0 aliphatic heterocycles. The first-order valence-corrected chi connectivity index (χ1v) is 8.67. The van der Waals surface area contributed by atoms with Crippen LogP contribution in [0.3, 0.4) is 0 Å². The minimum atomic E-state index is 1.14. The van der Waals surface area contributed by atoms with Gasteiger partial charge < -0.3 is 0 Å². The van der Waals surface area contributed by atoms with Crippen LogP contribution in [0.5, 0.6) is 0 Å². The highest BCUT2D eigenvalue weighted by Gasteiger charge is 2.11. The van der Waals surface area contributed by atoms with Crippen LogP contribution in [-0.4, -0.2) is 0 Å². The van der Waals surface area contributed by atoms with Gasteiger partial charge in [0.2, 0.25) is 0 Å². The molecule has 0 bridgehead atoms. The Morgan fingerprint density at radius 2 is 1.17 bits per heavy atom. The first-order valence-electron chi connectivity index (χ1n) is 5.32. The zero-order valence-electron chi connectivity index (χ0n) is 9.19. The second-order valence-electron chi connectivity index (χ2n) is 3.77. The number of thiophene rings is 2. The lowest BCUT2D eigenvalue weighted by Crippen LogP contribution is -1.81. The van der Waals surface area contributed by atoms with E-state index in [0.717, 1.165) is 8.95 Å². The molecule has 4 heteroatoms. The molecule has 2 heterocycles. The van der Waals surface area contributed by atoms with Gasteiger partial charge in [0.05, 0.1) is 0 Å². The van der Waals surface area contributed by atoms with Crippen molar-refractivity contribution in [3.05, 3.63) is 56.1 Å². The van der Waals surface area contributed by atoms with Crippen molar-refractivity contribution in [3.63, 3.8) is 0 Å². The lowest BCUT2D eigenvalue weighted by molar-refractivity contribution is 1.60. The molecular formula is C14H8Br2S2. The number of rotatable bonds is 2. The van der Waals surface area contributed by atoms with Crippen LogP contribution < -0.4 is 0 Å². The predicted molar refractivity (Wildman–Crippen MR) is 88.5 cm³/mol. The Morgan fingerprint density at radius 1 is 0.722 bits per heavy atom. The van der Waals surface area contributed by atoms with Gasteiger partial charge in [0.25, 0.3) is 0 Å². The quantitative estimate of drug-likeness (QED) is 0.451. The third-order valence-electron chi connectivity index (χ3n) is 2.63. The van der Waals surface area contributed by atoms with Crippen LogP contribution >= 0.6 is 54.5 Å². The zero-order valence-corrected chi connectivity index (χ0v) is 14.0. The number of hydrogen-bond donors (Lipinski definition) is 0. The van der Waals surface area contributed by atoms with Gasteiger partial charge in [-0.05, 0) is 35.0 Å². The van der Waals surface area contributed by atoms with Gasteiger partial charge in [-0.3, -0.25) is 0 Å². The Labute approximate surface area is 131 Å². The van der Waals surface area contributed by atoms with Crippen LogP contribution in [0.15, 0.2) is 56.1 Å². The van der Waals surface area contributed by atoms with Gasteiger partial charge in [0, 0.05) is 29.8 Å². The van der Waals surface area contributed by atoms with Crippen molar-refractivity contribution in [3.8, 4) is 20.9 Å². The van der Waals surface area contributed by atoms with E-state index in [1.807, 2.05) is 0 Å². The highest BCUT2D eigenvalue weighted by molar-refractivity contribution is 9.11. The molecule has 0 fully saturated rings. The van der Waals surface area contributed by atoms with E-state index in [-0.39, 0.29) is 0 Å². The van der Waals surface area contributed by atoms with Crippen LogP contribution in [0.4, 0.5) is 0 Å². The van der Waals surface area contributed by atoms with E-state index in [9.17, 15) is 0 Å². The summed E-state index contributed by atoms with van der Waals surface area (Å²) < 4.78 is 2.27. The average Bonchev–Trinajstić information content (AvgIpc) is 3.02. The van der Waals surface area contributed by atoms with Crippen molar-refractivity contribution in [2.75, 3.05) is 0 Å². The minimum absolute atomic E-state index is 1.14. The Hall–Kier alpha value is -0.420. The lowest BCUT2D eigenvalue weighted by Gasteiger charge is -2.08. The van der Waals surface area contributed by atoms with Gasteiger partial charge in [-0.2, -0.15) is 0 Å². The zero-order chi connectivity index (χ0) is 12.5. The fourth-order valence-corrected chi connectivity index (χ4v) is 4.68. The maximum atomic E-state index is 3.68. The standard InChI is InChI=1S/C14H8Br2S2/c15-11-8-10(14-4-2-6-18-14)12(16)7-9(11)13-3-1-5-17-13/h1-8H. The van der Waals surface area contributed by atoms with Gasteiger partial charge in [-0.15, -0.1) is 22.7 Å². The molecule has 0 atom stereocenters. The fourth-order valence-electron chi connectivity index (χ4n) is 1.79. The van der Waals surface area contributed by atoms with Gasteiger partial charge in [-0.1, -0.05) is 44.0 Å². The van der Waals surface area contributed by atoms with Gasteiger partial charge >= 0.3 is 0 Å². The molecule has 0 saturated heterocycles. The Kier molecular flexibility index (Phi) is 3.71. The monoisotopic (exact) mass is 398 g/mol. The molecule has 2 aromatic heterocycles. The summed E-state index contributed by atoms with van der Waals surface area (Å²) in [5.74, 6) is 0. The van der Waals surface area contributed by atoms with Crippen molar-refractivity contribution in [1.82, 2.24) is 0 Å². The topological polar surface area (TPSA) is 0 Å². The van der Waals surface area contributed by atoms with E-state index < -0.39 is 0 Å². The normalized spacial score (nSPS) is 10.8. The molecule has 0 nitrogen and oxygen atoms in total. The molecule has 0 spiro atoms. The molecule has 0 aliphatic carbocycles. The summed E-state index contributed by atoms with van der Waals surface area (Å²) in [5.41, 5.74) is 2.47. The third-order valence-corrected chi connectivity index (χ3v) is 5.75. The van der Waals surface area contributed by atoms with Crippen molar-refractivity contribution in [2.45, 2.75) is 0 Å². The van der Waals surface area contributed by atoms with Crippen LogP contribution in [0, 0.1) is 0 Å². The smallest absolute Gasteiger partial charge is 0.0354 e. The molecule has 90 valence electrons. The maximum absolute atomic E-state index is 3.68. The van der Waals surface area contributed by atoms with Crippen LogP contribution in [0.1, 0.15) is 0 Å². The molecule has 3 rings (SSSR count). The summed E-state index contributed by atoms with van der Waals surface area (Å²) in [4.78, 5) is 2.56. The second kappa shape index (κ2) is 5.29. The molecule has 0 amide bonds. The van der Waals surface area contributed by atoms with Crippen LogP contribution in [0.25, 0.3) is 20.9 Å². The summed E-state index contributed by atoms with van der Waals surface area (Å²) in [6.07, 6.45) is 0. The fraction of sp³-hybridized carbons (Fsp3) is 0.